The van der Waals surface area contributed by atoms with Crippen LogP contribution in [0.5, 0.6) is 5.75 Å². The largest absolute Gasteiger partial charge is 0.429 e. The summed E-state index contributed by atoms with van der Waals surface area (Å²) >= 11 is 0. The second-order valence-corrected chi connectivity index (χ2v) is 7.64. The SMILES string of the molecule is CCCc1ccc(C(F)(F)Oc2ccc(CCc3cc(F)c(C(F)(F)F)c(F)c3)cc2)cc1. The Kier molecular flexibility index (Phi) is 7.34. The van der Waals surface area contributed by atoms with Gasteiger partial charge in [0.2, 0.25) is 0 Å². The highest BCUT2D eigenvalue weighted by atomic mass is 19.4. The van der Waals surface area contributed by atoms with Gasteiger partial charge in [-0.15, -0.1) is 0 Å². The predicted molar refractivity (Wildman–Crippen MR) is 110 cm³/mol. The minimum atomic E-state index is -5.12. The van der Waals surface area contributed by atoms with Gasteiger partial charge in [0.1, 0.15) is 22.9 Å². The fraction of sp³-hybridized carbons (Fsp3) is 0.280. The summed E-state index contributed by atoms with van der Waals surface area (Å²) in [6.07, 6.45) is -6.67. The van der Waals surface area contributed by atoms with Crippen molar-refractivity contribution in [1.82, 2.24) is 0 Å². The highest BCUT2D eigenvalue weighted by Crippen LogP contribution is 2.34. The molecule has 0 spiro atoms. The minimum Gasteiger partial charge on any atom is -0.429 e. The van der Waals surface area contributed by atoms with Crippen LogP contribution in [-0.4, -0.2) is 0 Å². The maximum absolute atomic E-state index is 14.4. The molecule has 0 aliphatic rings. The van der Waals surface area contributed by atoms with E-state index in [0.717, 1.165) is 18.4 Å². The lowest BCUT2D eigenvalue weighted by atomic mass is 10.0. The lowest BCUT2D eigenvalue weighted by Gasteiger charge is -2.19. The number of rotatable bonds is 8. The molecule has 0 aromatic heterocycles. The first-order chi connectivity index (χ1) is 15.5. The average Bonchev–Trinajstić information content (AvgIpc) is 2.72. The molecule has 0 bridgehead atoms. The first-order valence-electron chi connectivity index (χ1n) is 10.3. The van der Waals surface area contributed by atoms with E-state index in [9.17, 15) is 30.7 Å². The molecule has 0 unspecified atom stereocenters. The number of aryl methyl sites for hydroxylation is 3. The molecule has 0 aliphatic heterocycles. The standard InChI is InChI=1S/C25H21F7O/c1-2-3-16-6-10-19(11-7-16)25(31,32)33-20-12-8-17(9-13-20)4-5-18-14-21(26)23(22(27)15-18)24(28,29)30/h6-15H,2-5H2,1H3. The van der Waals surface area contributed by atoms with Crippen molar-refractivity contribution in [3.05, 3.63) is 100 Å². The van der Waals surface area contributed by atoms with E-state index in [1.807, 2.05) is 6.92 Å². The molecule has 0 amide bonds. The molecule has 0 radical (unpaired) electrons. The van der Waals surface area contributed by atoms with Crippen molar-refractivity contribution in [2.24, 2.45) is 0 Å². The topological polar surface area (TPSA) is 9.23 Å². The molecule has 33 heavy (non-hydrogen) atoms. The van der Waals surface area contributed by atoms with Crippen molar-refractivity contribution in [2.75, 3.05) is 0 Å². The van der Waals surface area contributed by atoms with Crippen LogP contribution in [0.15, 0.2) is 60.7 Å². The second kappa shape index (κ2) is 9.85. The van der Waals surface area contributed by atoms with Gasteiger partial charge in [-0.2, -0.15) is 22.0 Å². The Hall–Kier alpha value is -3.03. The summed E-state index contributed by atoms with van der Waals surface area (Å²) in [6.45, 7) is 2.00. The summed E-state index contributed by atoms with van der Waals surface area (Å²) in [5.74, 6) is -3.43. The number of alkyl halides is 5. The molecule has 0 heterocycles. The van der Waals surface area contributed by atoms with Crippen molar-refractivity contribution in [3.63, 3.8) is 0 Å². The molecular formula is C25H21F7O. The van der Waals surface area contributed by atoms with Gasteiger partial charge in [-0.3, -0.25) is 0 Å². The van der Waals surface area contributed by atoms with Crippen molar-refractivity contribution in [1.29, 1.82) is 0 Å². The molecule has 176 valence electrons. The first kappa shape index (κ1) is 24.6. The van der Waals surface area contributed by atoms with Crippen molar-refractivity contribution in [3.8, 4) is 5.75 Å². The summed E-state index contributed by atoms with van der Waals surface area (Å²) in [6, 6.07) is 12.9. The zero-order valence-electron chi connectivity index (χ0n) is 17.7. The lowest BCUT2D eigenvalue weighted by molar-refractivity contribution is -0.185. The Morgan fingerprint density at radius 2 is 1.15 bits per heavy atom. The Morgan fingerprint density at radius 3 is 1.67 bits per heavy atom. The van der Waals surface area contributed by atoms with E-state index in [1.54, 1.807) is 12.1 Å². The van der Waals surface area contributed by atoms with Gasteiger partial charge in [0.05, 0.1) is 5.56 Å². The van der Waals surface area contributed by atoms with E-state index >= 15 is 0 Å². The lowest BCUT2D eigenvalue weighted by Crippen LogP contribution is -2.21. The summed E-state index contributed by atoms with van der Waals surface area (Å²) in [4.78, 5) is 0. The van der Waals surface area contributed by atoms with Crippen LogP contribution in [-0.2, 0) is 31.5 Å². The fourth-order valence-electron chi connectivity index (χ4n) is 3.41. The Bertz CT molecular complexity index is 1050. The number of halogens is 7. The van der Waals surface area contributed by atoms with Crippen molar-refractivity contribution >= 4 is 0 Å². The Morgan fingerprint density at radius 1 is 0.667 bits per heavy atom. The summed E-state index contributed by atoms with van der Waals surface area (Å²) in [5.41, 5.74) is -0.563. The molecule has 3 aromatic rings. The summed E-state index contributed by atoms with van der Waals surface area (Å²) < 4.78 is 99.1. The van der Waals surface area contributed by atoms with Gasteiger partial charge in [-0.25, -0.2) is 8.78 Å². The maximum atomic E-state index is 14.4. The zero-order valence-corrected chi connectivity index (χ0v) is 17.7. The van der Waals surface area contributed by atoms with Crippen LogP contribution in [0.1, 0.15) is 41.2 Å². The zero-order chi connectivity index (χ0) is 24.2. The number of benzene rings is 3. The van der Waals surface area contributed by atoms with Gasteiger partial charge in [0.25, 0.3) is 0 Å². The van der Waals surface area contributed by atoms with Gasteiger partial charge in [0.15, 0.2) is 0 Å². The van der Waals surface area contributed by atoms with Crippen LogP contribution >= 0.6 is 0 Å². The molecular weight excluding hydrogens is 449 g/mol. The first-order valence-corrected chi connectivity index (χ1v) is 10.3. The highest BCUT2D eigenvalue weighted by molar-refractivity contribution is 5.32. The van der Waals surface area contributed by atoms with E-state index in [4.69, 9.17) is 4.74 Å². The average molecular weight is 470 g/mol. The number of hydrogen-bond acceptors (Lipinski definition) is 1. The van der Waals surface area contributed by atoms with Crippen LogP contribution in [0.25, 0.3) is 0 Å². The van der Waals surface area contributed by atoms with Gasteiger partial charge in [-0.05, 0) is 72.4 Å². The maximum Gasteiger partial charge on any atom is 0.426 e. The van der Waals surface area contributed by atoms with E-state index in [0.29, 0.717) is 17.7 Å². The third-order valence-electron chi connectivity index (χ3n) is 5.09. The monoisotopic (exact) mass is 470 g/mol. The number of hydrogen-bond donors (Lipinski definition) is 0. The van der Waals surface area contributed by atoms with E-state index in [1.165, 1.54) is 36.4 Å². The minimum absolute atomic E-state index is 0.0522. The molecule has 0 N–H and O–H groups in total. The summed E-state index contributed by atoms with van der Waals surface area (Å²) in [5, 5.41) is 0. The molecule has 0 atom stereocenters. The van der Waals surface area contributed by atoms with Crippen LogP contribution in [0.3, 0.4) is 0 Å². The Balaban J connectivity index is 1.63. The normalized spacial score (nSPS) is 12.1. The third kappa shape index (κ3) is 6.27. The van der Waals surface area contributed by atoms with Crippen LogP contribution in [0.2, 0.25) is 0 Å². The van der Waals surface area contributed by atoms with E-state index in [-0.39, 0.29) is 29.7 Å². The Labute approximate surface area is 186 Å². The van der Waals surface area contributed by atoms with Crippen molar-refractivity contribution in [2.45, 2.75) is 44.9 Å². The van der Waals surface area contributed by atoms with E-state index in [2.05, 4.69) is 0 Å². The smallest absolute Gasteiger partial charge is 0.426 e. The van der Waals surface area contributed by atoms with Crippen LogP contribution in [0.4, 0.5) is 30.7 Å². The van der Waals surface area contributed by atoms with Crippen LogP contribution in [0, 0.1) is 11.6 Å². The van der Waals surface area contributed by atoms with Crippen LogP contribution < -0.4 is 4.74 Å². The fourth-order valence-corrected chi connectivity index (χ4v) is 3.41. The van der Waals surface area contributed by atoms with Gasteiger partial charge < -0.3 is 4.74 Å². The van der Waals surface area contributed by atoms with E-state index < -0.39 is 29.5 Å². The molecule has 3 aromatic carbocycles. The molecule has 0 aliphatic carbocycles. The predicted octanol–water partition coefficient (Wildman–Crippen LogP) is 7.85. The molecule has 1 nitrogen and oxygen atoms in total. The van der Waals surface area contributed by atoms with Gasteiger partial charge in [-0.1, -0.05) is 37.6 Å². The molecule has 8 heteroatoms. The molecule has 0 fully saturated rings. The number of ether oxygens (including phenoxy) is 1. The molecule has 0 saturated heterocycles. The third-order valence-corrected chi connectivity index (χ3v) is 5.09. The van der Waals surface area contributed by atoms with Gasteiger partial charge in [0, 0.05) is 0 Å². The highest BCUT2D eigenvalue weighted by Gasteiger charge is 2.38. The quantitative estimate of drug-likeness (QED) is 0.305. The van der Waals surface area contributed by atoms with Crippen molar-refractivity contribution < 1.29 is 35.5 Å². The second-order valence-electron chi connectivity index (χ2n) is 7.64. The summed E-state index contributed by atoms with van der Waals surface area (Å²) in [7, 11) is 0. The molecule has 0 saturated carbocycles. The molecule has 3 rings (SSSR count). The van der Waals surface area contributed by atoms with Gasteiger partial charge >= 0.3 is 12.3 Å².